The van der Waals surface area contributed by atoms with E-state index >= 15 is 0 Å². The molecule has 1 aliphatic heterocycles. The first-order valence-electron chi connectivity index (χ1n) is 7.44. The molecule has 112 valence electrons. The average Bonchev–Trinajstić information content (AvgIpc) is 2.38. The summed E-state index contributed by atoms with van der Waals surface area (Å²) in [7, 11) is 0. The van der Waals surface area contributed by atoms with Crippen LogP contribution in [-0.2, 0) is 6.54 Å². The van der Waals surface area contributed by atoms with Crippen molar-refractivity contribution in [2.24, 2.45) is 5.92 Å². The number of hydrogen-bond acceptors (Lipinski definition) is 2. The Bertz CT molecular complexity index is 410. The molecule has 0 radical (unpaired) electrons. The van der Waals surface area contributed by atoms with E-state index in [9.17, 15) is 4.39 Å². The van der Waals surface area contributed by atoms with Gasteiger partial charge in [-0.1, -0.05) is 15.9 Å². The Kier molecular flexibility index (Phi) is 6.00. The van der Waals surface area contributed by atoms with Crippen LogP contribution < -0.4 is 5.32 Å². The predicted octanol–water partition coefficient (Wildman–Crippen LogP) is 3.80. The summed E-state index contributed by atoms with van der Waals surface area (Å²) in [5, 5.41) is 3.41. The van der Waals surface area contributed by atoms with E-state index in [1.807, 2.05) is 6.07 Å². The third-order valence-corrected chi connectivity index (χ3v) is 4.45. The van der Waals surface area contributed by atoms with Crippen molar-refractivity contribution in [3.63, 3.8) is 0 Å². The number of nitrogens with zero attached hydrogens (tertiary/aromatic N) is 1. The van der Waals surface area contributed by atoms with Crippen molar-refractivity contribution < 1.29 is 4.39 Å². The summed E-state index contributed by atoms with van der Waals surface area (Å²) < 4.78 is 14.3. The molecule has 1 saturated heterocycles. The van der Waals surface area contributed by atoms with Crippen molar-refractivity contribution in [3.8, 4) is 0 Å². The minimum atomic E-state index is -0.167. The van der Waals surface area contributed by atoms with Gasteiger partial charge in [-0.05, 0) is 69.5 Å². The van der Waals surface area contributed by atoms with Crippen LogP contribution in [0.25, 0.3) is 0 Å². The van der Waals surface area contributed by atoms with Crippen LogP contribution in [0.3, 0.4) is 0 Å². The molecule has 0 unspecified atom stereocenters. The Morgan fingerprint density at radius 1 is 1.30 bits per heavy atom. The average molecular weight is 343 g/mol. The molecular weight excluding hydrogens is 319 g/mol. The monoisotopic (exact) mass is 342 g/mol. The highest BCUT2D eigenvalue weighted by Gasteiger charge is 2.19. The van der Waals surface area contributed by atoms with E-state index in [2.05, 4.69) is 40.0 Å². The lowest BCUT2D eigenvalue weighted by atomic mass is 9.96. The largest absolute Gasteiger partial charge is 0.317 e. The maximum Gasteiger partial charge on any atom is 0.124 e. The molecule has 4 heteroatoms. The zero-order valence-electron chi connectivity index (χ0n) is 12.3. The Hall–Kier alpha value is -0.450. The van der Waals surface area contributed by atoms with Gasteiger partial charge in [0, 0.05) is 23.6 Å². The molecule has 1 N–H and O–H groups in total. The van der Waals surface area contributed by atoms with Crippen molar-refractivity contribution in [1.29, 1.82) is 0 Å². The van der Waals surface area contributed by atoms with E-state index in [0.29, 0.717) is 6.04 Å². The highest BCUT2D eigenvalue weighted by molar-refractivity contribution is 9.10. The molecule has 1 aliphatic rings. The second kappa shape index (κ2) is 7.53. The van der Waals surface area contributed by atoms with Gasteiger partial charge in [-0.25, -0.2) is 4.39 Å². The Morgan fingerprint density at radius 2 is 2.00 bits per heavy atom. The molecule has 1 aromatic carbocycles. The van der Waals surface area contributed by atoms with Crippen molar-refractivity contribution in [2.45, 2.75) is 39.3 Å². The molecule has 0 atom stereocenters. The normalized spacial score (nSPS) is 17.1. The van der Waals surface area contributed by atoms with Gasteiger partial charge in [0.15, 0.2) is 0 Å². The minimum absolute atomic E-state index is 0.167. The van der Waals surface area contributed by atoms with Gasteiger partial charge in [-0.3, -0.25) is 4.90 Å². The summed E-state index contributed by atoms with van der Waals surface area (Å²) in [6.07, 6.45) is 2.49. The Morgan fingerprint density at radius 3 is 2.60 bits per heavy atom. The second-order valence-electron chi connectivity index (χ2n) is 5.99. The van der Waals surface area contributed by atoms with Crippen LogP contribution in [0.15, 0.2) is 22.7 Å². The van der Waals surface area contributed by atoms with E-state index in [0.717, 1.165) is 42.1 Å². The molecule has 0 aromatic heterocycles. The second-order valence-corrected chi connectivity index (χ2v) is 6.91. The topological polar surface area (TPSA) is 15.3 Å². The van der Waals surface area contributed by atoms with E-state index < -0.39 is 0 Å². The molecule has 0 spiro atoms. The predicted molar refractivity (Wildman–Crippen MR) is 85.2 cm³/mol. The lowest BCUT2D eigenvalue weighted by Gasteiger charge is -2.32. The van der Waals surface area contributed by atoms with Crippen molar-refractivity contribution in [3.05, 3.63) is 34.1 Å². The molecule has 20 heavy (non-hydrogen) atoms. The summed E-state index contributed by atoms with van der Waals surface area (Å²) >= 11 is 3.37. The first kappa shape index (κ1) is 15.9. The van der Waals surface area contributed by atoms with Gasteiger partial charge in [-0.2, -0.15) is 0 Å². The first-order valence-corrected chi connectivity index (χ1v) is 8.23. The van der Waals surface area contributed by atoms with Gasteiger partial charge in [0.05, 0.1) is 0 Å². The van der Waals surface area contributed by atoms with E-state index in [1.165, 1.54) is 18.9 Å². The van der Waals surface area contributed by atoms with Crippen LogP contribution >= 0.6 is 15.9 Å². The molecule has 0 amide bonds. The third-order valence-electron chi connectivity index (χ3n) is 3.99. The van der Waals surface area contributed by atoms with Gasteiger partial charge >= 0.3 is 0 Å². The molecule has 0 saturated carbocycles. The maximum atomic E-state index is 13.5. The van der Waals surface area contributed by atoms with Gasteiger partial charge in [0.25, 0.3) is 0 Å². The molecule has 2 nitrogen and oxygen atoms in total. The number of piperidine rings is 1. The van der Waals surface area contributed by atoms with Crippen LogP contribution in [0, 0.1) is 11.7 Å². The van der Waals surface area contributed by atoms with Crippen LogP contribution in [0.5, 0.6) is 0 Å². The van der Waals surface area contributed by atoms with Gasteiger partial charge in [-0.15, -0.1) is 0 Å². The molecular formula is C16H24BrFN2. The van der Waals surface area contributed by atoms with E-state index in [1.54, 1.807) is 6.07 Å². The molecule has 2 rings (SSSR count). The lowest BCUT2D eigenvalue weighted by molar-refractivity contribution is 0.161. The van der Waals surface area contributed by atoms with Crippen LogP contribution in [0.1, 0.15) is 32.3 Å². The fraction of sp³-hybridized carbons (Fsp3) is 0.625. The van der Waals surface area contributed by atoms with Gasteiger partial charge in [0.2, 0.25) is 0 Å². The number of benzene rings is 1. The zero-order chi connectivity index (χ0) is 14.5. The molecule has 1 aromatic rings. The quantitative estimate of drug-likeness (QED) is 0.875. The number of rotatable bonds is 5. The summed E-state index contributed by atoms with van der Waals surface area (Å²) in [6, 6.07) is 5.64. The number of hydrogen-bond donors (Lipinski definition) is 1. The molecule has 0 bridgehead atoms. The van der Waals surface area contributed by atoms with Crippen molar-refractivity contribution in [1.82, 2.24) is 10.2 Å². The smallest absolute Gasteiger partial charge is 0.124 e. The standard InChI is InChI=1S/C16H24BrFN2/c1-12(2)20(10-13-3-5-19-6-4-13)11-14-7-15(17)9-16(18)8-14/h7-9,12-13,19H,3-6,10-11H2,1-2H3. The fourth-order valence-corrected chi connectivity index (χ4v) is 3.30. The minimum Gasteiger partial charge on any atom is -0.317 e. The van der Waals surface area contributed by atoms with Crippen LogP contribution in [0.2, 0.25) is 0 Å². The molecule has 1 heterocycles. The van der Waals surface area contributed by atoms with Crippen molar-refractivity contribution in [2.75, 3.05) is 19.6 Å². The summed E-state index contributed by atoms with van der Waals surface area (Å²) in [4.78, 5) is 2.46. The van der Waals surface area contributed by atoms with E-state index in [4.69, 9.17) is 0 Å². The molecule has 0 aliphatic carbocycles. The highest BCUT2D eigenvalue weighted by Crippen LogP contribution is 2.20. The lowest BCUT2D eigenvalue weighted by Crippen LogP contribution is -2.39. The van der Waals surface area contributed by atoms with Gasteiger partial charge < -0.3 is 5.32 Å². The summed E-state index contributed by atoms with van der Waals surface area (Å²) in [6.45, 7) is 8.61. The number of halogens is 2. The Balaban J connectivity index is 2.00. The Labute approximate surface area is 129 Å². The first-order chi connectivity index (χ1) is 9.54. The maximum absolute atomic E-state index is 13.5. The number of nitrogens with one attached hydrogen (secondary N) is 1. The van der Waals surface area contributed by atoms with Gasteiger partial charge in [0.1, 0.15) is 5.82 Å². The summed E-state index contributed by atoms with van der Waals surface area (Å²) in [5.74, 6) is 0.593. The SMILES string of the molecule is CC(C)N(Cc1cc(F)cc(Br)c1)CC1CCNCC1. The zero-order valence-corrected chi connectivity index (χ0v) is 13.9. The fourth-order valence-electron chi connectivity index (χ4n) is 2.79. The van der Waals surface area contributed by atoms with Crippen molar-refractivity contribution >= 4 is 15.9 Å². The third kappa shape index (κ3) is 4.83. The van der Waals surface area contributed by atoms with E-state index in [-0.39, 0.29) is 5.82 Å². The highest BCUT2D eigenvalue weighted by atomic mass is 79.9. The molecule has 1 fully saturated rings. The summed E-state index contributed by atoms with van der Waals surface area (Å²) in [5.41, 5.74) is 1.04. The van der Waals surface area contributed by atoms with Crippen LogP contribution in [0.4, 0.5) is 4.39 Å². The van der Waals surface area contributed by atoms with Crippen LogP contribution in [-0.4, -0.2) is 30.6 Å².